The van der Waals surface area contributed by atoms with E-state index in [1.165, 1.54) is 20.0 Å². The summed E-state index contributed by atoms with van der Waals surface area (Å²) >= 11 is 0. The van der Waals surface area contributed by atoms with Gasteiger partial charge in [-0.2, -0.15) is 0 Å². The van der Waals surface area contributed by atoms with E-state index in [4.69, 9.17) is 0 Å². The monoisotopic (exact) mass is 182 g/mol. The van der Waals surface area contributed by atoms with Crippen molar-refractivity contribution in [2.75, 3.05) is 13.7 Å². The number of nitrogens with zero attached hydrogens (tertiary/aromatic N) is 1. The third-order valence-corrected chi connectivity index (χ3v) is 3.31. The third-order valence-electron chi connectivity index (χ3n) is 3.31. The molecule has 0 aromatic rings. The van der Waals surface area contributed by atoms with Gasteiger partial charge in [-0.3, -0.25) is 0 Å². The van der Waals surface area contributed by atoms with Crippen LogP contribution in [0, 0.1) is 11.8 Å². The van der Waals surface area contributed by atoms with E-state index in [1.807, 2.05) is 0 Å². The number of hydrogen-bond donors (Lipinski definition) is 0. The number of hydrogen-bond acceptors (Lipinski definition) is 2. The molecule has 1 saturated carbocycles. The first-order valence-corrected chi connectivity index (χ1v) is 4.88. The Kier molecular flexibility index (Phi) is 2.10. The van der Waals surface area contributed by atoms with Gasteiger partial charge in [-0.05, 0) is 5.92 Å². The number of carbonyl (C=O) groups is 1. The van der Waals surface area contributed by atoms with Crippen molar-refractivity contribution in [3.63, 3.8) is 0 Å². The summed E-state index contributed by atoms with van der Waals surface area (Å²) in [6, 6.07) is 0.596. The van der Waals surface area contributed by atoms with E-state index in [1.54, 1.807) is 0 Å². The van der Waals surface area contributed by atoms with Gasteiger partial charge in [0.25, 0.3) is 0 Å². The molecule has 0 N–H and O–H groups in total. The molecule has 0 spiro atoms. The lowest BCUT2D eigenvalue weighted by atomic mass is 9.99. The van der Waals surface area contributed by atoms with E-state index in [9.17, 15) is 4.79 Å². The largest absolute Gasteiger partial charge is 0.464 e. The second kappa shape index (κ2) is 3.13. The lowest BCUT2D eigenvalue weighted by molar-refractivity contribution is -0.547. The maximum Gasteiger partial charge on any atom is 0.371 e. The highest BCUT2D eigenvalue weighted by Gasteiger charge is 2.44. The molecule has 0 amide bonds. The lowest BCUT2D eigenvalue weighted by Crippen LogP contribution is -2.30. The van der Waals surface area contributed by atoms with Gasteiger partial charge in [-0.1, -0.05) is 6.92 Å². The van der Waals surface area contributed by atoms with Gasteiger partial charge < -0.3 is 4.74 Å². The molecule has 2 bridgehead atoms. The molecule has 0 aromatic carbocycles. The molecule has 3 nitrogen and oxygen atoms in total. The first-order valence-electron chi connectivity index (χ1n) is 4.88. The van der Waals surface area contributed by atoms with Crippen LogP contribution in [0.1, 0.15) is 19.8 Å². The molecular weight excluding hydrogens is 166 g/mol. The average molecular weight is 182 g/mol. The molecule has 1 aliphatic heterocycles. The number of methoxy groups -OCH3 is 1. The second-order valence-corrected chi connectivity index (χ2v) is 4.16. The van der Waals surface area contributed by atoms with Crippen LogP contribution in [-0.4, -0.2) is 36.5 Å². The molecule has 0 aromatic heterocycles. The van der Waals surface area contributed by atoms with E-state index >= 15 is 0 Å². The highest BCUT2D eigenvalue weighted by molar-refractivity contribution is 5.71. The number of carbonyl (C=O) groups excluding carboxylic acids is 1. The molecule has 3 atom stereocenters. The minimum absolute atomic E-state index is 0.128. The number of ether oxygens (including phenoxy) is 1. The van der Waals surface area contributed by atoms with E-state index in [0.717, 1.165) is 5.92 Å². The molecule has 72 valence electrons. The Morgan fingerprint density at radius 3 is 2.85 bits per heavy atom. The Balaban J connectivity index is 2.00. The summed E-state index contributed by atoms with van der Waals surface area (Å²) in [5, 5.41) is 0. The van der Waals surface area contributed by atoms with Crippen LogP contribution in [0.3, 0.4) is 0 Å². The Morgan fingerprint density at radius 1 is 1.62 bits per heavy atom. The summed E-state index contributed by atoms with van der Waals surface area (Å²) in [5.74, 6) is 1.38. The first kappa shape index (κ1) is 8.73. The van der Waals surface area contributed by atoms with Crippen molar-refractivity contribution in [3.8, 4) is 0 Å². The van der Waals surface area contributed by atoms with Gasteiger partial charge in [-0.25, -0.2) is 9.37 Å². The minimum atomic E-state index is -0.128. The van der Waals surface area contributed by atoms with Crippen molar-refractivity contribution >= 4 is 12.2 Å². The second-order valence-electron chi connectivity index (χ2n) is 4.16. The minimum Gasteiger partial charge on any atom is -0.464 e. The summed E-state index contributed by atoms with van der Waals surface area (Å²) in [6.07, 6.45) is 4.69. The van der Waals surface area contributed by atoms with E-state index in [2.05, 4.69) is 22.5 Å². The molecular formula is C10H16NO2+. The number of esters is 1. The van der Waals surface area contributed by atoms with Crippen molar-refractivity contribution < 1.29 is 14.1 Å². The highest BCUT2D eigenvalue weighted by Crippen LogP contribution is 2.36. The van der Waals surface area contributed by atoms with Crippen molar-refractivity contribution in [2.24, 2.45) is 11.8 Å². The highest BCUT2D eigenvalue weighted by atomic mass is 16.5. The van der Waals surface area contributed by atoms with E-state index < -0.39 is 0 Å². The fourth-order valence-corrected chi connectivity index (χ4v) is 2.49. The van der Waals surface area contributed by atoms with Crippen molar-refractivity contribution in [2.45, 2.75) is 25.8 Å². The summed E-state index contributed by atoms with van der Waals surface area (Å²) in [5.41, 5.74) is 0. The predicted molar refractivity (Wildman–Crippen MR) is 48.9 cm³/mol. The van der Waals surface area contributed by atoms with E-state index in [0.29, 0.717) is 18.5 Å². The standard InChI is InChI=1S/C10H16NO2/c1-7-3-9-4-8(7)5-11(9)6-10(12)13-2/h5,7-9H,3-4,6H2,1-2H3/q+1. The molecule has 3 heteroatoms. The Hall–Kier alpha value is -0.860. The normalized spacial score (nSPS) is 36.2. The van der Waals surface area contributed by atoms with Gasteiger partial charge in [0.15, 0.2) is 6.04 Å². The lowest BCUT2D eigenvalue weighted by Gasteiger charge is -2.12. The smallest absolute Gasteiger partial charge is 0.371 e. The summed E-state index contributed by atoms with van der Waals surface area (Å²) in [4.78, 5) is 11.0. The zero-order valence-electron chi connectivity index (χ0n) is 8.19. The molecule has 0 saturated heterocycles. The van der Waals surface area contributed by atoms with Gasteiger partial charge in [-0.15, -0.1) is 0 Å². The van der Waals surface area contributed by atoms with Crippen molar-refractivity contribution in [1.29, 1.82) is 0 Å². The van der Waals surface area contributed by atoms with Crippen LogP contribution in [0.4, 0.5) is 0 Å². The predicted octanol–water partition coefficient (Wildman–Crippen LogP) is 0.671. The van der Waals surface area contributed by atoms with Crippen LogP contribution >= 0.6 is 0 Å². The van der Waals surface area contributed by atoms with Gasteiger partial charge in [0.2, 0.25) is 6.54 Å². The molecule has 13 heavy (non-hydrogen) atoms. The molecule has 0 radical (unpaired) electrons. The van der Waals surface area contributed by atoms with Gasteiger partial charge >= 0.3 is 5.97 Å². The first-order chi connectivity index (χ1) is 6.20. The Labute approximate surface area is 78.4 Å². The summed E-state index contributed by atoms with van der Waals surface area (Å²) in [7, 11) is 1.44. The van der Waals surface area contributed by atoms with Crippen LogP contribution in [0.2, 0.25) is 0 Å². The molecule has 1 aliphatic carbocycles. The quantitative estimate of drug-likeness (QED) is 0.464. The van der Waals surface area contributed by atoms with Crippen molar-refractivity contribution in [3.05, 3.63) is 0 Å². The van der Waals surface area contributed by atoms with Gasteiger partial charge in [0, 0.05) is 18.8 Å². The topological polar surface area (TPSA) is 29.3 Å². The maximum absolute atomic E-state index is 11.0. The maximum atomic E-state index is 11.0. The zero-order chi connectivity index (χ0) is 9.42. The number of fused-ring (bicyclic) bond motifs is 2. The fraction of sp³-hybridized carbons (Fsp3) is 0.800. The van der Waals surface area contributed by atoms with Crippen molar-refractivity contribution in [1.82, 2.24) is 0 Å². The Morgan fingerprint density at radius 2 is 2.38 bits per heavy atom. The van der Waals surface area contributed by atoms with Gasteiger partial charge in [0.05, 0.1) is 7.11 Å². The SMILES string of the molecule is COC(=O)C[N+]1=CC2CC1CC2C. The van der Waals surface area contributed by atoms with Gasteiger partial charge in [0.1, 0.15) is 6.21 Å². The van der Waals surface area contributed by atoms with E-state index in [-0.39, 0.29) is 5.97 Å². The van der Waals surface area contributed by atoms with Crippen LogP contribution in [0.25, 0.3) is 0 Å². The van der Waals surface area contributed by atoms with Crippen LogP contribution in [0.15, 0.2) is 0 Å². The number of rotatable bonds is 2. The molecule has 2 aliphatic rings. The molecule has 1 heterocycles. The average Bonchev–Trinajstić information content (AvgIpc) is 2.63. The molecule has 3 unspecified atom stereocenters. The molecule has 2 rings (SSSR count). The summed E-state index contributed by atoms with van der Waals surface area (Å²) in [6.45, 7) is 2.72. The van der Waals surface area contributed by atoms with Crippen LogP contribution < -0.4 is 0 Å². The summed E-state index contributed by atoms with van der Waals surface area (Å²) < 4.78 is 6.80. The molecule has 1 fully saturated rings. The third kappa shape index (κ3) is 1.47. The van der Waals surface area contributed by atoms with Crippen LogP contribution in [0.5, 0.6) is 0 Å². The fourth-order valence-electron chi connectivity index (χ4n) is 2.49. The zero-order valence-corrected chi connectivity index (χ0v) is 8.19. The Bertz CT molecular complexity index is 260. The van der Waals surface area contributed by atoms with Crippen LogP contribution in [-0.2, 0) is 9.53 Å².